The molecule has 1 aromatic carbocycles. The SMILES string of the molecule is COc1cc([C@@H](C)N)ccc1OCc1c(Cl)c(C)nn1C. The third-order valence-electron chi connectivity index (χ3n) is 3.34. The van der Waals surface area contributed by atoms with Gasteiger partial charge in [-0.1, -0.05) is 17.7 Å². The number of benzene rings is 1. The Hall–Kier alpha value is -1.72. The molecule has 1 aromatic heterocycles. The van der Waals surface area contributed by atoms with E-state index < -0.39 is 0 Å². The summed E-state index contributed by atoms with van der Waals surface area (Å²) in [5, 5.41) is 4.89. The Morgan fingerprint density at radius 3 is 2.62 bits per heavy atom. The standard InChI is InChI=1S/C15H20ClN3O2/c1-9(17)11-5-6-13(14(7-11)20-4)21-8-12-15(16)10(2)18-19(12)3/h5-7,9H,8,17H2,1-4H3/t9-/m1/s1. The fourth-order valence-electron chi connectivity index (χ4n) is 2.07. The summed E-state index contributed by atoms with van der Waals surface area (Å²) < 4.78 is 12.9. The first-order valence-electron chi connectivity index (χ1n) is 6.68. The summed E-state index contributed by atoms with van der Waals surface area (Å²) in [5.41, 5.74) is 8.48. The van der Waals surface area contributed by atoms with Gasteiger partial charge in [0.15, 0.2) is 11.5 Å². The van der Waals surface area contributed by atoms with E-state index in [-0.39, 0.29) is 6.04 Å². The average Bonchev–Trinajstić information content (AvgIpc) is 2.70. The number of hydrogen-bond donors (Lipinski definition) is 1. The molecule has 0 radical (unpaired) electrons. The molecule has 0 bridgehead atoms. The molecule has 0 aliphatic heterocycles. The van der Waals surface area contributed by atoms with E-state index in [0.717, 1.165) is 17.0 Å². The number of methoxy groups -OCH3 is 1. The highest BCUT2D eigenvalue weighted by atomic mass is 35.5. The molecule has 2 aromatic rings. The van der Waals surface area contributed by atoms with Crippen LogP contribution in [-0.2, 0) is 13.7 Å². The van der Waals surface area contributed by atoms with Crippen molar-refractivity contribution in [3.05, 3.63) is 40.2 Å². The molecular formula is C15H20ClN3O2. The summed E-state index contributed by atoms with van der Waals surface area (Å²) in [5.74, 6) is 1.30. The summed E-state index contributed by atoms with van der Waals surface area (Å²) in [6, 6.07) is 5.62. The van der Waals surface area contributed by atoms with E-state index in [1.165, 1.54) is 0 Å². The van der Waals surface area contributed by atoms with Crippen LogP contribution in [0.1, 0.15) is 29.9 Å². The lowest BCUT2D eigenvalue weighted by Gasteiger charge is -2.14. The smallest absolute Gasteiger partial charge is 0.161 e. The molecule has 6 heteroatoms. The van der Waals surface area contributed by atoms with Gasteiger partial charge in [0.1, 0.15) is 6.61 Å². The van der Waals surface area contributed by atoms with Crippen LogP contribution in [0.5, 0.6) is 11.5 Å². The molecule has 0 fully saturated rings. The third kappa shape index (κ3) is 3.31. The van der Waals surface area contributed by atoms with Crippen LogP contribution in [0.15, 0.2) is 18.2 Å². The highest BCUT2D eigenvalue weighted by molar-refractivity contribution is 6.31. The Labute approximate surface area is 129 Å². The van der Waals surface area contributed by atoms with E-state index in [2.05, 4.69) is 5.10 Å². The molecule has 0 aliphatic carbocycles. The van der Waals surface area contributed by atoms with Gasteiger partial charge in [-0.2, -0.15) is 5.10 Å². The molecule has 0 saturated heterocycles. The van der Waals surface area contributed by atoms with Gasteiger partial charge in [-0.25, -0.2) is 0 Å². The predicted molar refractivity (Wildman–Crippen MR) is 82.9 cm³/mol. The minimum atomic E-state index is -0.0536. The van der Waals surface area contributed by atoms with Gasteiger partial charge in [-0.3, -0.25) is 4.68 Å². The van der Waals surface area contributed by atoms with E-state index in [1.54, 1.807) is 11.8 Å². The highest BCUT2D eigenvalue weighted by Gasteiger charge is 2.13. The van der Waals surface area contributed by atoms with Gasteiger partial charge < -0.3 is 15.2 Å². The summed E-state index contributed by atoms with van der Waals surface area (Å²) in [7, 11) is 3.45. The Bertz CT molecular complexity index is 638. The Morgan fingerprint density at radius 1 is 1.38 bits per heavy atom. The maximum Gasteiger partial charge on any atom is 0.161 e. The first-order chi connectivity index (χ1) is 9.93. The number of nitrogens with zero attached hydrogens (tertiary/aromatic N) is 2. The van der Waals surface area contributed by atoms with Crippen molar-refractivity contribution in [2.24, 2.45) is 12.8 Å². The molecule has 0 saturated carbocycles. The zero-order valence-electron chi connectivity index (χ0n) is 12.7. The lowest BCUT2D eigenvalue weighted by atomic mass is 10.1. The third-order valence-corrected chi connectivity index (χ3v) is 3.83. The van der Waals surface area contributed by atoms with Crippen LogP contribution in [0.4, 0.5) is 0 Å². The van der Waals surface area contributed by atoms with E-state index in [4.69, 9.17) is 26.8 Å². The van der Waals surface area contributed by atoms with Crippen molar-refractivity contribution in [2.75, 3.05) is 7.11 Å². The molecule has 1 atom stereocenters. The molecule has 2 N–H and O–H groups in total. The first kappa shape index (κ1) is 15.7. The zero-order valence-corrected chi connectivity index (χ0v) is 13.4. The minimum Gasteiger partial charge on any atom is -0.493 e. The molecule has 5 nitrogen and oxygen atoms in total. The van der Waals surface area contributed by atoms with Gasteiger partial charge in [-0.15, -0.1) is 0 Å². The van der Waals surface area contributed by atoms with Crippen LogP contribution in [0.3, 0.4) is 0 Å². The van der Waals surface area contributed by atoms with E-state index >= 15 is 0 Å². The first-order valence-corrected chi connectivity index (χ1v) is 7.06. The summed E-state index contributed by atoms with van der Waals surface area (Å²) in [6.07, 6.45) is 0. The summed E-state index contributed by atoms with van der Waals surface area (Å²) in [6.45, 7) is 4.11. The van der Waals surface area contributed by atoms with Gasteiger partial charge in [0.2, 0.25) is 0 Å². The lowest BCUT2D eigenvalue weighted by Crippen LogP contribution is -2.07. The van der Waals surface area contributed by atoms with Gasteiger partial charge >= 0.3 is 0 Å². The number of aromatic nitrogens is 2. The summed E-state index contributed by atoms with van der Waals surface area (Å²) >= 11 is 6.21. The second-order valence-electron chi connectivity index (χ2n) is 4.96. The molecule has 114 valence electrons. The van der Waals surface area contributed by atoms with E-state index in [1.807, 2.05) is 39.1 Å². The Balaban J connectivity index is 2.20. The maximum absolute atomic E-state index is 6.21. The highest BCUT2D eigenvalue weighted by Crippen LogP contribution is 2.31. The molecule has 0 spiro atoms. The minimum absolute atomic E-state index is 0.0536. The van der Waals surface area contributed by atoms with Crippen LogP contribution in [0, 0.1) is 6.92 Å². The Morgan fingerprint density at radius 2 is 2.10 bits per heavy atom. The van der Waals surface area contributed by atoms with Crippen molar-refractivity contribution in [1.29, 1.82) is 0 Å². The van der Waals surface area contributed by atoms with E-state index in [0.29, 0.717) is 23.1 Å². The monoisotopic (exact) mass is 309 g/mol. The van der Waals surface area contributed by atoms with Gasteiger partial charge in [-0.05, 0) is 31.5 Å². The Kier molecular flexibility index (Phi) is 4.75. The predicted octanol–water partition coefficient (Wildman–Crippen LogP) is 2.99. The molecular weight excluding hydrogens is 290 g/mol. The van der Waals surface area contributed by atoms with Crippen LogP contribution < -0.4 is 15.2 Å². The second kappa shape index (κ2) is 6.37. The fourth-order valence-corrected chi connectivity index (χ4v) is 2.28. The number of nitrogens with two attached hydrogens (primary N) is 1. The maximum atomic E-state index is 6.21. The van der Waals surface area contributed by atoms with Crippen molar-refractivity contribution in [3.63, 3.8) is 0 Å². The van der Waals surface area contributed by atoms with Crippen LogP contribution in [-0.4, -0.2) is 16.9 Å². The quantitative estimate of drug-likeness (QED) is 0.922. The second-order valence-corrected chi connectivity index (χ2v) is 5.34. The van der Waals surface area contributed by atoms with Crippen molar-refractivity contribution in [3.8, 4) is 11.5 Å². The number of hydrogen-bond acceptors (Lipinski definition) is 4. The number of aryl methyl sites for hydroxylation is 2. The normalized spacial score (nSPS) is 12.3. The zero-order chi connectivity index (χ0) is 15.6. The largest absolute Gasteiger partial charge is 0.493 e. The number of ether oxygens (including phenoxy) is 2. The molecule has 21 heavy (non-hydrogen) atoms. The molecule has 2 rings (SSSR count). The van der Waals surface area contributed by atoms with E-state index in [9.17, 15) is 0 Å². The van der Waals surface area contributed by atoms with Crippen LogP contribution >= 0.6 is 11.6 Å². The van der Waals surface area contributed by atoms with Gasteiger partial charge in [0, 0.05) is 13.1 Å². The number of rotatable bonds is 5. The summed E-state index contributed by atoms with van der Waals surface area (Å²) in [4.78, 5) is 0. The average molecular weight is 310 g/mol. The van der Waals surface area contributed by atoms with Crippen molar-refractivity contribution >= 4 is 11.6 Å². The van der Waals surface area contributed by atoms with Crippen molar-refractivity contribution < 1.29 is 9.47 Å². The molecule has 0 unspecified atom stereocenters. The van der Waals surface area contributed by atoms with Gasteiger partial charge in [0.05, 0.1) is 23.5 Å². The number of halogens is 1. The topological polar surface area (TPSA) is 62.3 Å². The molecule has 0 aliphatic rings. The van der Waals surface area contributed by atoms with Crippen LogP contribution in [0.25, 0.3) is 0 Å². The van der Waals surface area contributed by atoms with Crippen LogP contribution in [0.2, 0.25) is 5.02 Å². The van der Waals surface area contributed by atoms with Crippen molar-refractivity contribution in [1.82, 2.24) is 9.78 Å². The fraction of sp³-hybridized carbons (Fsp3) is 0.400. The molecule has 0 amide bonds. The van der Waals surface area contributed by atoms with Crippen molar-refractivity contribution in [2.45, 2.75) is 26.5 Å². The lowest BCUT2D eigenvalue weighted by molar-refractivity contribution is 0.275. The van der Waals surface area contributed by atoms with Gasteiger partial charge in [0.25, 0.3) is 0 Å². The molecule has 1 heterocycles.